The molecule has 1 aromatic rings. The Kier molecular flexibility index (Phi) is 5.11. The number of esters is 1. The van der Waals surface area contributed by atoms with Crippen LogP contribution in [0.5, 0.6) is 0 Å². The van der Waals surface area contributed by atoms with Gasteiger partial charge >= 0.3 is 5.97 Å². The average Bonchev–Trinajstić information content (AvgIpc) is 2.64. The van der Waals surface area contributed by atoms with E-state index >= 15 is 0 Å². The number of carbonyl (C=O) groups excluding carboxylic acids is 2. The molecule has 1 N–H and O–H groups in total. The maximum atomic E-state index is 12.9. The van der Waals surface area contributed by atoms with Crippen LogP contribution in [0.25, 0.3) is 0 Å². The summed E-state index contributed by atoms with van der Waals surface area (Å²) in [5, 5.41) is 10.6. The molecule has 2 saturated heterocycles. The van der Waals surface area contributed by atoms with Crippen molar-refractivity contribution in [2.24, 2.45) is 5.41 Å². The van der Waals surface area contributed by atoms with Crippen LogP contribution in [0.3, 0.4) is 0 Å². The number of carbonyl (C=O) groups is 2. The van der Waals surface area contributed by atoms with E-state index in [-0.39, 0.29) is 17.4 Å². The van der Waals surface area contributed by atoms with Crippen molar-refractivity contribution in [3.8, 4) is 0 Å². The van der Waals surface area contributed by atoms with Gasteiger partial charge in [0.2, 0.25) is 0 Å². The minimum Gasteiger partial charge on any atom is -0.465 e. The van der Waals surface area contributed by atoms with E-state index in [1.54, 1.807) is 24.3 Å². The van der Waals surface area contributed by atoms with Gasteiger partial charge in [0, 0.05) is 37.2 Å². The van der Waals surface area contributed by atoms with Gasteiger partial charge in [-0.15, -0.1) is 0 Å². The summed E-state index contributed by atoms with van der Waals surface area (Å²) in [6, 6.07) is 6.56. The lowest BCUT2D eigenvalue weighted by atomic mass is 9.71. The van der Waals surface area contributed by atoms with Gasteiger partial charge in [-0.25, -0.2) is 4.79 Å². The van der Waals surface area contributed by atoms with E-state index in [2.05, 4.69) is 16.7 Å². The van der Waals surface area contributed by atoms with E-state index in [0.29, 0.717) is 24.2 Å². The maximum Gasteiger partial charge on any atom is 0.337 e. The lowest BCUT2D eigenvalue weighted by molar-refractivity contribution is -0.0731. The summed E-state index contributed by atoms with van der Waals surface area (Å²) in [6.45, 7) is 3.00. The van der Waals surface area contributed by atoms with Crippen molar-refractivity contribution < 1.29 is 19.4 Å². The quantitative estimate of drug-likeness (QED) is 0.820. The molecule has 1 spiro atoms. The Labute approximate surface area is 148 Å². The molecule has 0 saturated carbocycles. The van der Waals surface area contributed by atoms with Gasteiger partial charge in [0.05, 0.1) is 18.8 Å². The molecular weight excluding hydrogens is 320 g/mol. The second kappa shape index (κ2) is 7.14. The number of rotatable bonds is 2. The lowest BCUT2D eigenvalue weighted by Crippen LogP contribution is -2.59. The first-order chi connectivity index (χ1) is 11.9. The molecule has 1 aromatic carbocycles. The Morgan fingerprint density at radius 3 is 2.52 bits per heavy atom. The fourth-order valence-electron chi connectivity index (χ4n) is 4.15. The summed E-state index contributed by atoms with van der Waals surface area (Å²) in [6.07, 6.45) is 2.24. The number of hydrogen-bond acceptors (Lipinski definition) is 5. The van der Waals surface area contributed by atoms with Crippen molar-refractivity contribution in [2.45, 2.75) is 25.4 Å². The van der Waals surface area contributed by atoms with Gasteiger partial charge < -0.3 is 19.6 Å². The van der Waals surface area contributed by atoms with E-state index in [0.717, 1.165) is 32.4 Å². The highest BCUT2D eigenvalue weighted by Crippen LogP contribution is 2.38. The number of amides is 1. The molecule has 2 aliphatic heterocycles. The van der Waals surface area contributed by atoms with E-state index in [1.807, 2.05) is 4.90 Å². The Morgan fingerprint density at radius 1 is 1.16 bits per heavy atom. The number of aliphatic hydroxyl groups excluding tert-OH is 1. The third kappa shape index (κ3) is 3.55. The molecule has 1 amide bonds. The third-order valence-electron chi connectivity index (χ3n) is 5.52. The second-order valence-corrected chi connectivity index (χ2v) is 7.30. The standard InChI is InChI=1S/C19H26N2O4/c1-20-11-8-16(22)19(12-20)9-3-10-21(13-19)17(23)14-4-6-15(7-5-14)18(24)25-2/h4-7,16,22H,3,8-13H2,1-2H3/t16-,19-/m0/s1. The van der Waals surface area contributed by atoms with Crippen molar-refractivity contribution in [2.75, 3.05) is 40.3 Å². The van der Waals surface area contributed by atoms with Crippen LogP contribution in [-0.2, 0) is 4.74 Å². The number of likely N-dealkylation sites (tertiary alicyclic amines) is 2. The van der Waals surface area contributed by atoms with E-state index in [9.17, 15) is 14.7 Å². The lowest BCUT2D eigenvalue weighted by Gasteiger charge is -2.50. The number of nitrogens with zero attached hydrogens (tertiary/aromatic N) is 2. The molecule has 0 bridgehead atoms. The fraction of sp³-hybridized carbons (Fsp3) is 0.579. The number of benzene rings is 1. The highest BCUT2D eigenvalue weighted by Gasteiger charge is 2.45. The fourth-order valence-corrected chi connectivity index (χ4v) is 4.15. The molecule has 2 aliphatic rings. The summed E-state index contributed by atoms with van der Waals surface area (Å²) < 4.78 is 4.68. The Balaban J connectivity index is 1.74. The first kappa shape index (κ1) is 17.9. The van der Waals surface area contributed by atoms with Gasteiger partial charge in [-0.3, -0.25) is 4.79 Å². The average molecular weight is 346 g/mol. The van der Waals surface area contributed by atoms with Crippen LogP contribution in [0, 0.1) is 5.41 Å². The van der Waals surface area contributed by atoms with Crippen molar-refractivity contribution in [3.05, 3.63) is 35.4 Å². The second-order valence-electron chi connectivity index (χ2n) is 7.30. The molecule has 2 heterocycles. The predicted molar refractivity (Wildman–Crippen MR) is 93.5 cm³/mol. The smallest absolute Gasteiger partial charge is 0.337 e. The van der Waals surface area contributed by atoms with E-state index in [4.69, 9.17) is 0 Å². The minimum atomic E-state index is -0.413. The minimum absolute atomic E-state index is 0.0454. The van der Waals surface area contributed by atoms with Gasteiger partial charge in [-0.2, -0.15) is 0 Å². The molecular formula is C19H26N2O4. The van der Waals surface area contributed by atoms with Gasteiger partial charge in [0.1, 0.15) is 0 Å². The Morgan fingerprint density at radius 2 is 1.84 bits per heavy atom. The molecule has 2 fully saturated rings. The van der Waals surface area contributed by atoms with Crippen LogP contribution in [0.15, 0.2) is 24.3 Å². The Bertz CT molecular complexity index is 645. The SMILES string of the molecule is COC(=O)c1ccc(C(=O)N2CCC[C@]3(CN(C)CC[C@@H]3O)C2)cc1. The molecule has 0 aliphatic carbocycles. The summed E-state index contributed by atoms with van der Waals surface area (Å²) >= 11 is 0. The first-order valence-electron chi connectivity index (χ1n) is 8.79. The molecule has 6 nitrogen and oxygen atoms in total. The number of hydrogen-bond donors (Lipinski definition) is 1. The number of ether oxygens (including phenoxy) is 1. The van der Waals surface area contributed by atoms with Crippen LogP contribution in [0.1, 0.15) is 40.0 Å². The molecule has 3 rings (SSSR count). The van der Waals surface area contributed by atoms with Crippen LogP contribution >= 0.6 is 0 Å². The molecule has 0 aromatic heterocycles. The molecule has 25 heavy (non-hydrogen) atoms. The largest absolute Gasteiger partial charge is 0.465 e. The number of piperidine rings is 2. The molecule has 2 atom stereocenters. The summed E-state index contributed by atoms with van der Waals surface area (Å²) in [5.41, 5.74) is 0.759. The van der Waals surface area contributed by atoms with Gasteiger partial charge in [-0.1, -0.05) is 0 Å². The summed E-state index contributed by atoms with van der Waals surface area (Å²) in [7, 11) is 3.40. The van der Waals surface area contributed by atoms with E-state index < -0.39 is 5.97 Å². The van der Waals surface area contributed by atoms with Crippen molar-refractivity contribution in [3.63, 3.8) is 0 Å². The monoisotopic (exact) mass is 346 g/mol. The van der Waals surface area contributed by atoms with Crippen LogP contribution in [-0.4, -0.2) is 73.2 Å². The molecule has 0 radical (unpaired) electrons. The highest BCUT2D eigenvalue weighted by atomic mass is 16.5. The zero-order valence-corrected chi connectivity index (χ0v) is 14.9. The normalized spacial score (nSPS) is 27.3. The summed E-state index contributed by atoms with van der Waals surface area (Å²) in [5.74, 6) is -0.458. The van der Waals surface area contributed by atoms with Crippen LogP contribution in [0.2, 0.25) is 0 Å². The van der Waals surface area contributed by atoms with Crippen molar-refractivity contribution in [1.29, 1.82) is 0 Å². The first-order valence-corrected chi connectivity index (χ1v) is 8.79. The summed E-state index contributed by atoms with van der Waals surface area (Å²) in [4.78, 5) is 28.5. The van der Waals surface area contributed by atoms with Gasteiger partial charge in [-0.05, 0) is 50.6 Å². The number of aliphatic hydroxyl groups is 1. The Hall–Kier alpha value is -1.92. The van der Waals surface area contributed by atoms with Crippen molar-refractivity contribution in [1.82, 2.24) is 9.80 Å². The van der Waals surface area contributed by atoms with Crippen LogP contribution < -0.4 is 0 Å². The molecule has 6 heteroatoms. The van der Waals surface area contributed by atoms with Crippen molar-refractivity contribution >= 4 is 11.9 Å². The van der Waals surface area contributed by atoms with E-state index in [1.165, 1.54) is 7.11 Å². The predicted octanol–water partition coefficient (Wildman–Crippen LogP) is 1.39. The topological polar surface area (TPSA) is 70.1 Å². The van der Waals surface area contributed by atoms with Gasteiger partial charge in [0.25, 0.3) is 5.91 Å². The number of methoxy groups -OCH3 is 1. The van der Waals surface area contributed by atoms with Crippen LogP contribution in [0.4, 0.5) is 0 Å². The zero-order valence-electron chi connectivity index (χ0n) is 14.9. The van der Waals surface area contributed by atoms with Gasteiger partial charge in [0.15, 0.2) is 0 Å². The highest BCUT2D eigenvalue weighted by molar-refractivity contribution is 5.96. The third-order valence-corrected chi connectivity index (χ3v) is 5.52. The zero-order chi connectivity index (χ0) is 18.0. The molecule has 136 valence electrons. The molecule has 0 unspecified atom stereocenters. The maximum absolute atomic E-state index is 12.9.